The second-order valence-corrected chi connectivity index (χ2v) is 6.60. The maximum absolute atomic E-state index is 4.71. The SMILES string of the molecule is C=C/C=C(\C=C(/C)Nc1ccccc1)c1cc(C)nn1-c1cccc(C)c1.[HH]. The summed E-state index contributed by atoms with van der Waals surface area (Å²) in [6, 6.07) is 20.6. The van der Waals surface area contributed by atoms with Crippen molar-refractivity contribution in [2.45, 2.75) is 20.8 Å². The first-order valence-corrected chi connectivity index (χ1v) is 9.04. The number of aryl methyl sites for hydroxylation is 2. The Morgan fingerprint density at radius 1 is 1.07 bits per heavy atom. The van der Waals surface area contributed by atoms with Gasteiger partial charge in [0.15, 0.2) is 0 Å². The predicted molar refractivity (Wildman–Crippen MR) is 117 cm³/mol. The van der Waals surface area contributed by atoms with Crippen LogP contribution in [0.15, 0.2) is 91.2 Å². The van der Waals surface area contributed by atoms with Gasteiger partial charge in [0.1, 0.15) is 0 Å². The number of benzene rings is 2. The molecule has 0 saturated heterocycles. The Kier molecular flexibility index (Phi) is 5.72. The molecule has 1 aromatic heterocycles. The van der Waals surface area contributed by atoms with E-state index in [1.807, 2.05) is 42.0 Å². The maximum Gasteiger partial charge on any atom is 0.0744 e. The largest absolute Gasteiger partial charge is 0.359 e. The lowest BCUT2D eigenvalue weighted by atomic mass is 10.1. The van der Waals surface area contributed by atoms with Gasteiger partial charge in [-0.05, 0) is 62.7 Å². The van der Waals surface area contributed by atoms with Gasteiger partial charge >= 0.3 is 0 Å². The number of allylic oxidation sites excluding steroid dienone is 5. The van der Waals surface area contributed by atoms with Crippen LogP contribution in [-0.2, 0) is 0 Å². The van der Waals surface area contributed by atoms with Crippen molar-refractivity contribution in [2.75, 3.05) is 5.32 Å². The average Bonchev–Trinajstić information content (AvgIpc) is 3.04. The summed E-state index contributed by atoms with van der Waals surface area (Å²) in [4.78, 5) is 0. The highest BCUT2D eigenvalue weighted by atomic mass is 15.3. The van der Waals surface area contributed by atoms with Gasteiger partial charge in [0.05, 0.1) is 17.1 Å². The van der Waals surface area contributed by atoms with Gasteiger partial charge in [0.2, 0.25) is 0 Å². The minimum Gasteiger partial charge on any atom is -0.359 e. The van der Waals surface area contributed by atoms with Gasteiger partial charge in [-0.1, -0.05) is 49.1 Å². The monoisotopic (exact) mass is 357 g/mol. The number of nitrogens with zero attached hydrogens (tertiary/aromatic N) is 2. The molecule has 27 heavy (non-hydrogen) atoms. The van der Waals surface area contributed by atoms with Crippen molar-refractivity contribution in [1.82, 2.24) is 9.78 Å². The first-order chi connectivity index (χ1) is 13.1. The van der Waals surface area contributed by atoms with E-state index in [0.717, 1.165) is 34.0 Å². The third-order valence-electron chi connectivity index (χ3n) is 4.16. The highest BCUT2D eigenvalue weighted by Crippen LogP contribution is 2.23. The molecule has 0 aliphatic carbocycles. The van der Waals surface area contributed by atoms with Crippen molar-refractivity contribution in [2.24, 2.45) is 0 Å². The molecule has 0 unspecified atom stereocenters. The molecule has 0 radical (unpaired) electrons. The summed E-state index contributed by atoms with van der Waals surface area (Å²) in [5.74, 6) is 0. The zero-order chi connectivity index (χ0) is 19.2. The van der Waals surface area contributed by atoms with Gasteiger partial charge in [-0.3, -0.25) is 0 Å². The lowest BCUT2D eigenvalue weighted by Gasteiger charge is -2.11. The Labute approximate surface area is 162 Å². The van der Waals surface area contributed by atoms with Crippen LogP contribution < -0.4 is 5.32 Å². The van der Waals surface area contributed by atoms with Crippen LogP contribution in [0, 0.1) is 13.8 Å². The Hall–Kier alpha value is -3.33. The minimum atomic E-state index is 0. The molecular formula is C24H27N3. The van der Waals surface area contributed by atoms with Crippen LogP contribution in [0.3, 0.4) is 0 Å². The number of nitrogens with one attached hydrogen (secondary N) is 1. The van der Waals surface area contributed by atoms with Gasteiger partial charge in [0, 0.05) is 18.4 Å². The highest BCUT2D eigenvalue weighted by molar-refractivity contribution is 5.76. The number of para-hydroxylation sites is 1. The molecule has 1 heterocycles. The van der Waals surface area contributed by atoms with Crippen molar-refractivity contribution < 1.29 is 1.43 Å². The van der Waals surface area contributed by atoms with Gasteiger partial charge in [-0.15, -0.1) is 0 Å². The van der Waals surface area contributed by atoms with E-state index >= 15 is 0 Å². The quantitative estimate of drug-likeness (QED) is 0.523. The molecule has 0 bridgehead atoms. The molecular weight excluding hydrogens is 330 g/mol. The third-order valence-corrected chi connectivity index (χ3v) is 4.16. The van der Waals surface area contributed by atoms with Crippen LogP contribution in [0.2, 0.25) is 0 Å². The molecule has 0 saturated carbocycles. The summed E-state index contributed by atoms with van der Waals surface area (Å²) in [6.07, 6.45) is 5.95. The molecule has 3 aromatic rings. The summed E-state index contributed by atoms with van der Waals surface area (Å²) >= 11 is 0. The normalized spacial score (nSPS) is 12.1. The topological polar surface area (TPSA) is 29.9 Å². The zero-order valence-corrected chi connectivity index (χ0v) is 16.1. The van der Waals surface area contributed by atoms with Crippen molar-refractivity contribution >= 4 is 11.3 Å². The molecule has 138 valence electrons. The fourth-order valence-corrected chi connectivity index (χ4v) is 3.01. The number of rotatable bonds is 6. The number of anilines is 1. The highest BCUT2D eigenvalue weighted by Gasteiger charge is 2.11. The number of aromatic nitrogens is 2. The van der Waals surface area contributed by atoms with E-state index in [1.165, 1.54) is 5.56 Å². The fourth-order valence-electron chi connectivity index (χ4n) is 3.01. The minimum absolute atomic E-state index is 0. The summed E-state index contributed by atoms with van der Waals surface area (Å²) in [7, 11) is 0. The number of hydrogen-bond acceptors (Lipinski definition) is 2. The molecule has 2 aromatic carbocycles. The third kappa shape index (κ3) is 4.64. The molecule has 3 rings (SSSR count). The molecule has 0 fully saturated rings. The summed E-state index contributed by atoms with van der Waals surface area (Å²) < 4.78 is 1.99. The Bertz CT molecular complexity index is 998. The Morgan fingerprint density at radius 2 is 1.85 bits per heavy atom. The Balaban J connectivity index is 0.00000280. The molecule has 1 N–H and O–H groups in total. The van der Waals surface area contributed by atoms with Crippen LogP contribution in [-0.4, -0.2) is 9.78 Å². The smallest absolute Gasteiger partial charge is 0.0744 e. The summed E-state index contributed by atoms with van der Waals surface area (Å²) in [5.41, 5.74) is 7.42. The summed E-state index contributed by atoms with van der Waals surface area (Å²) in [5, 5.41) is 8.14. The second-order valence-electron chi connectivity index (χ2n) is 6.60. The molecule has 0 aliphatic heterocycles. The number of hydrogen-bond donors (Lipinski definition) is 1. The first-order valence-electron chi connectivity index (χ1n) is 9.04. The molecule has 0 spiro atoms. The van der Waals surface area contributed by atoms with Crippen LogP contribution in [0.4, 0.5) is 5.69 Å². The molecule has 0 aliphatic rings. The maximum atomic E-state index is 4.71. The zero-order valence-electron chi connectivity index (χ0n) is 16.1. The first kappa shape index (κ1) is 18.5. The summed E-state index contributed by atoms with van der Waals surface area (Å²) in [6.45, 7) is 10.0. The van der Waals surface area contributed by atoms with E-state index < -0.39 is 0 Å². The van der Waals surface area contributed by atoms with Crippen molar-refractivity contribution in [3.05, 3.63) is 108 Å². The molecule has 3 heteroatoms. The lowest BCUT2D eigenvalue weighted by molar-refractivity contribution is 0.850. The van der Waals surface area contributed by atoms with Crippen molar-refractivity contribution in [3.63, 3.8) is 0 Å². The van der Waals surface area contributed by atoms with Crippen LogP contribution in [0.5, 0.6) is 0 Å². The van der Waals surface area contributed by atoms with Crippen LogP contribution >= 0.6 is 0 Å². The van der Waals surface area contributed by atoms with Gasteiger partial charge in [0.25, 0.3) is 0 Å². The van der Waals surface area contributed by atoms with Gasteiger partial charge in [-0.2, -0.15) is 5.10 Å². The lowest BCUT2D eigenvalue weighted by Crippen LogP contribution is -2.03. The standard InChI is InChI=1S/C24H25N3.H2/c1-5-10-21(16-19(3)25-22-12-7-6-8-13-22)24-17-20(4)26-27(24)23-14-9-11-18(2)15-23;/h5-17,25H,1H2,2-4H3;1H/b19-16+,21-10+;. The van der Waals surface area contributed by atoms with E-state index in [2.05, 4.69) is 74.3 Å². The van der Waals surface area contributed by atoms with E-state index in [9.17, 15) is 0 Å². The van der Waals surface area contributed by atoms with Gasteiger partial charge < -0.3 is 5.32 Å². The van der Waals surface area contributed by atoms with Crippen molar-refractivity contribution in [1.29, 1.82) is 0 Å². The van der Waals surface area contributed by atoms with E-state index in [-0.39, 0.29) is 1.43 Å². The van der Waals surface area contributed by atoms with E-state index in [1.54, 1.807) is 0 Å². The molecule has 3 nitrogen and oxygen atoms in total. The van der Waals surface area contributed by atoms with Crippen LogP contribution in [0.25, 0.3) is 11.3 Å². The average molecular weight is 358 g/mol. The van der Waals surface area contributed by atoms with E-state index in [0.29, 0.717) is 0 Å². The fraction of sp³-hybridized carbons (Fsp3) is 0.125. The Morgan fingerprint density at radius 3 is 2.56 bits per heavy atom. The predicted octanol–water partition coefficient (Wildman–Crippen LogP) is 6.32. The second kappa shape index (κ2) is 8.37. The van der Waals surface area contributed by atoms with Crippen LogP contribution in [0.1, 0.15) is 25.3 Å². The molecule has 0 amide bonds. The van der Waals surface area contributed by atoms with Gasteiger partial charge in [-0.25, -0.2) is 4.68 Å². The van der Waals surface area contributed by atoms with Crippen molar-refractivity contribution in [3.8, 4) is 5.69 Å². The molecule has 0 atom stereocenters. The van der Waals surface area contributed by atoms with E-state index in [4.69, 9.17) is 5.10 Å².